The Bertz CT molecular complexity index is 3800. The summed E-state index contributed by atoms with van der Waals surface area (Å²) in [4.78, 5) is 86.2. The van der Waals surface area contributed by atoms with Crippen LogP contribution in [-0.2, 0) is 84.8 Å². The number of aliphatic hydroxyl groups is 1. The number of nitrogen functional groups attached to an aromatic ring is 2. The molecule has 8 rings (SSSR count). The van der Waals surface area contributed by atoms with Crippen LogP contribution in [0.2, 0.25) is 0 Å². The van der Waals surface area contributed by atoms with Gasteiger partial charge in [-0.2, -0.15) is 20.4 Å². The molecule has 6 aromatic rings. The molecule has 7 N–H and O–H groups in total. The summed E-state index contributed by atoms with van der Waals surface area (Å²) >= 11 is 0. The highest BCUT2D eigenvalue weighted by Gasteiger charge is 2.64. The molecule has 0 spiro atoms. The van der Waals surface area contributed by atoms with E-state index in [9.17, 15) is 43.0 Å². The molecule has 106 heavy (non-hydrogen) atoms. The Morgan fingerprint density at radius 2 is 0.887 bits per heavy atom. The van der Waals surface area contributed by atoms with Gasteiger partial charge in [0.1, 0.15) is 79.4 Å². The summed E-state index contributed by atoms with van der Waals surface area (Å²) in [5, 5.41) is 23.5. The van der Waals surface area contributed by atoms with Gasteiger partial charge in [0.2, 0.25) is 0 Å². The van der Waals surface area contributed by atoms with Crippen LogP contribution in [0.3, 0.4) is 0 Å². The lowest BCUT2D eigenvalue weighted by atomic mass is 9.08. The lowest BCUT2D eigenvalue weighted by molar-refractivity contribution is -0.178. The Morgan fingerprint density at radius 3 is 1.20 bits per heavy atom. The van der Waals surface area contributed by atoms with Crippen LogP contribution in [0, 0.1) is 29.1 Å². The molecule has 39 heteroatoms. The highest BCUT2D eigenvalue weighted by molar-refractivity contribution is 7.52. The largest absolute Gasteiger partial charge is 0.464 e. The monoisotopic (exact) mass is 1520 g/mol. The number of alkyl halides is 2. The van der Waals surface area contributed by atoms with Gasteiger partial charge in [0.05, 0.1) is 60.5 Å². The summed E-state index contributed by atoms with van der Waals surface area (Å²) in [6, 6.07) is 19.6. The van der Waals surface area contributed by atoms with Gasteiger partial charge in [-0.25, -0.2) is 36.9 Å². The van der Waals surface area contributed by atoms with Crippen molar-refractivity contribution >= 4 is 104 Å². The van der Waals surface area contributed by atoms with Gasteiger partial charge in [-0.1, -0.05) is 113 Å². The summed E-state index contributed by atoms with van der Waals surface area (Å²) in [6.45, 7) is 19.0. The van der Waals surface area contributed by atoms with Gasteiger partial charge in [-0.3, -0.25) is 37.8 Å². The third-order valence-electron chi connectivity index (χ3n) is 15.4. The quantitative estimate of drug-likeness (QED) is 0.0124. The molecule has 572 valence electrons. The predicted molar refractivity (Wildman–Crippen MR) is 386 cm³/mol. The number of halogens is 2. The van der Waals surface area contributed by atoms with E-state index < -0.39 is 173 Å². The number of hydrogen-bond donors (Lipinski definition) is 5. The minimum atomic E-state index is -4.64. The lowest BCUT2D eigenvalue weighted by Gasteiger charge is -2.34. The molecule has 2 fully saturated rings. The Kier molecular flexibility index (Phi) is 30.5. The van der Waals surface area contributed by atoms with Crippen molar-refractivity contribution in [1.29, 1.82) is 0 Å². The maximum atomic E-state index is 15.7. The fraction of sp³-hybridized carbons (Fsp3) is 0.552. The molecule has 2 unspecified atom stereocenters. The number of fused-ring (bicyclic) bond motifs is 2. The van der Waals surface area contributed by atoms with Crippen molar-refractivity contribution in [3.8, 4) is 11.5 Å². The average Bonchev–Trinajstić information content (AvgIpc) is 1.59. The Balaban J connectivity index is 0.000000316. The van der Waals surface area contributed by atoms with E-state index in [0.717, 1.165) is 0 Å². The van der Waals surface area contributed by atoms with Gasteiger partial charge in [0.25, 0.3) is 0 Å². The van der Waals surface area contributed by atoms with E-state index in [1.165, 1.54) is 73.6 Å². The number of rotatable bonds is 31. The summed E-state index contributed by atoms with van der Waals surface area (Å²) in [7, 11) is 4.78. The molecule has 0 amide bonds. The van der Waals surface area contributed by atoms with Crippen LogP contribution in [0.4, 0.5) is 20.4 Å². The van der Waals surface area contributed by atoms with Crippen molar-refractivity contribution in [2.45, 2.75) is 169 Å². The Labute approximate surface area is 618 Å². The van der Waals surface area contributed by atoms with Gasteiger partial charge in [0, 0.05) is 29.6 Å². The highest BCUT2D eigenvalue weighted by Crippen LogP contribution is 2.53. The molecule has 12 atom stereocenters. The first-order valence-corrected chi connectivity index (χ1v) is 36.9. The van der Waals surface area contributed by atoms with Gasteiger partial charge in [0.15, 0.2) is 47.3 Å². The van der Waals surface area contributed by atoms with Gasteiger partial charge < -0.3 is 63.5 Å². The van der Waals surface area contributed by atoms with Crippen molar-refractivity contribution in [1.82, 2.24) is 39.4 Å². The molecule has 6 heterocycles. The van der Waals surface area contributed by atoms with Crippen LogP contribution < -0.4 is 30.7 Å². The molecular formula is C67H92B4F2N10O21P2. The first-order valence-electron chi connectivity index (χ1n) is 33.8. The van der Waals surface area contributed by atoms with E-state index in [0.29, 0.717) is 11.0 Å². The molecule has 31 nitrogen and oxygen atoms in total. The molecule has 6 radical (unpaired) electrons. The zero-order valence-corrected chi connectivity index (χ0v) is 63.6. The Morgan fingerprint density at radius 1 is 0.557 bits per heavy atom. The normalized spacial score (nSPS) is 21.8. The zero-order valence-electron chi connectivity index (χ0n) is 61.8. The van der Waals surface area contributed by atoms with Crippen LogP contribution in [0.5, 0.6) is 11.5 Å². The maximum Gasteiger partial charge on any atom is 0.459 e. The van der Waals surface area contributed by atoms with Crippen LogP contribution >= 0.6 is 15.5 Å². The number of aromatic nitrogens is 6. The van der Waals surface area contributed by atoms with Crippen molar-refractivity contribution in [3.63, 3.8) is 0 Å². The second-order valence-corrected chi connectivity index (χ2v) is 31.6. The fourth-order valence-corrected chi connectivity index (χ4v) is 13.0. The van der Waals surface area contributed by atoms with E-state index in [-0.39, 0.29) is 53.2 Å². The van der Waals surface area contributed by atoms with Crippen LogP contribution in [0.1, 0.15) is 127 Å². The van der Waals surface area contributed by atoms with E-state index in [1.54, 1.807) is 116 Å². The first kappa shape index (κ1) is 86.9. The molecule has 2 aromatic carbocycles. The molecule has 0 saturated carbocycles. The zero-order chi connectivity index (χ0) is 79.0. The third-order valence-corrected chi connectivity index (χ3v) is 18.7. The van der Waals surface area contributed by atoms with Crippen LogP contribution in [0.25, 0.3) is 11.0 Å². The predicted octanol–water partition coefficient (Wildman–Crippen LogP) is 7.20. The van der Waals surface area contributed by atoms with Crippen LogP contribution in [-0.4, -0.2) is 193 Å². The molecule has 0 bridgehead atoms. The minimum Gasteiger partial charge on any atom is -0.464 e. The van der Waals surface area contributed by atoms with Gasteiger partial charge >= 0.3 is 51.3 Å². The molecule has 2 aliphatic rings. The van der Waals surface area contributed by atoms with Crippen molar-refractivity contribution in [2.24, 2.45) is 29.1 Å². The Hall–Kier alpha value is -8.00. The molecule has 0 aliphatic carbocycles. The topological polar surface area (TPSA) is 404 Å². The number of nitrogens with one attached hydrogen (secondary N) is 2. The number of hydrogen-bond acceptors (Lipinski definition) is 27. The number of nitrogens with zero attached hydrogens (tertiary/aromatic N) is 6. The highest BCUT2D eigenvalue weighted by atomic mass is 31.2. The standard InChI is InChI=1S/C34H47FN5O10P.C33H45FN5O11P.B4/c1-20(2)30(41)47-27-26(24-14-15-25-29(36)37-19-38-40(24)25)49-34(16-35,28(27)48-31(42)21(3)4)18-46-51(44,50-23-12-10-9-11-13-23)39-22(5)32(43)45-17-33(6,7)8;1-19(2)29(40)47-26-25(23-13-14-24-28(35)36-18-37-39(23)24)49-33(15-34,27(26)48-30(41)20(3)4)17-46-51(44,50-22-11-9-8-10-12-22)38-21(5)31(42)45-16-32(6,7)43;1-4(2)3/h9-15,19-22,26-28H,16-18H2,1-8H3,(H,39,44)(H2,36,37,38);8-14,18-21,25-27,43H,15-17H2,1-7H3,(H,38,44)(H2,35,36,37);/t22-,26-,27-,28-,34+,51?;21-,25-,26-,27-,33+,51?;/m00./s1. The van der Waals surface area contributed by atoms with Crippen molar-refractivity contribution in [3.05, 3.63) is 109 Å². The molecule has 2 saturated heterocycles. The smallest absolute Gasteiger partial charge is 0.459 e. The lowest BCUT2D eigenvalue weighted by Crippen LogP contribution is -2.52. The molecule has 4 aromatic heterocycles. The number of para-hydroxylation sites is 2. The van der Waals surface area contributed by atoms with E-state index in [4.69, 9.17) is 67.5 Å². The maximum absolute atomic E-state index is 15.7. The number of carbonyl (C=O) groups is 6. The summed E-state index contributed by atoms with van der Waals surface area (Å²) < 4.78 is 133. The third kappa shape index (κ3) is 23.5. The number of esters is 6. The second-order valence-electron chi connectivity index (χ2n) is 28.2. The molecular weight excluding hydrogens is 1420 g/mol. The van der Waals surface area contributed by atoms with E-state index in [2.05, 4.69) is 53.6 Å². The number of benzene rings is 2. The first-order chi connectivity index (χ1) is 49.5. The number of nitrogens with two attached hydrogens (primary N) is 2. The van der Waals surface area contributed by atoms with Gasteiger partial charge in [-0.05, 0) is 81.6 Å². The SMILES string of the molecule is CC(C)C(=O)O[C@H]1[C@H](c2ccc3c(N)ncnn23)O[C@](CF)(COP(=O)(N[C@@H](C)C(=O)OCC(C)(C)C)Oc2ccccc2)[C@H]1OC(=O)C(C)C.CC(C)C(=O)O[C@H]1[C@H](c2ccc3c(N)ncnn23)O[C@](CF)(COP(=O)(N[C@@H](C)C(=O)OCC(C)(C)O)Oc2ccccc2)[C@H]1OC(=O)C(C)C.[B]B([B])[B]. The summed E-state index contributed by atoms with van der Waals surface area (Å²) in [5.74, 6) is -6.80. The summed E-state index contributed by atoms with van der Waals surface area (Å²) in [6.07, 6.45) is -7.10. The number of anilines is 2. The van der Waals surface area contributed by atoms with Crippen molar-refractivity contribution in [2.75, 3.05) is 51.2 Å². The number of ether oxygens (including phenoxy) is 8. The summed E-state index contributed by atoms with van der Waals surface area (Å²) in [5.41, 5.74) is 7.17. The van der Waals surface area contributed by atoms with Crippen molar-refractivity contribution < 1.29 is 108 Å². The average molecular weight is 1520 g/mol. The molecule has 2 aliphatic heterocycles. The van der Waals surface area contributed by atoms with E-state index >= 15 is 8.78 Å². The van der Waals surface area contributed by atoms with Crippen LogP contribution in [0.15, 0.2) is 97.6 Å². The second kappa shape index (κ2) is 37.2. The number of carbonyl (C=O) groups excluding carboxylic acids is 6. The minimum absolute atomic E-state index is 0.0633. The fourth-order valence-electron chi connectivity index (χ4n) is 9.88. The van der Waals surface area contributed by atoms with Gasteiger partial charge in [-0.15, -0.1) is 0 Å². The van der Waals surface area contributed by atoms with E-state index in [1.807, 2.05) is 20.8 Å².